The van der Waals surface area contributed by atoms with Crippen LogP contribution < -0.4 is 5.32 Å². The second-order valence-electron chi connectivity index (χ2n) is 7.01. The van der Waals surface area contributed by atoms with Crippen LogP contribution in [-0.4, -0.2) is 54.3 Å². The molecular weight excluding hydrogens is 398 g/mol. The highest BCUT2D eigenvalue weighted by molar-refractivity contribution is 7.99. The lowest BCUT2D eigenvalue weighted by molar-refractivity contribution is -0.117. The van der Waals surface area contributed by atoms with Crippen LogP contribution in [0.1, 0.15) is 10.6 Å². The molecule has 6 nitrogen and oxygen atoms in total. The summed E-state index contributed by atoms with van der Waals surface area (Å²) in [6, 6.07) is 21.3. The largest absolute Gasteiger partial charge is 0.459 e. The summed E-state index contributed by atoms with van der Waals surface area (Å²) < 4.78 is 5.19. The molecule has 1 N–H and O–H groups in total. The van der Waals surface area contributed by atoms with Gasteiger partial charge in [-0.1, -0.05) is 42.1 Å². The number of nitrogens with one attached hydrogen (secondary N) is 1. The van der Waals surface area contributed by atoms with E-state index in [1.807, 2.05) is 54.6 Å². The lowest BCUT2D eigenvalue weighted by atomic mass is 10.2. The van der Waals surface area contributed by atoms with E-state index in [1.54, 1.807) is 28.8 Å². The van der Waals surface area contributed by atoms with Gasteiger partial charge in [0.25, 0.3) is 5.91 Å². The molecule has 0 saturated carbocycles. The van der Waals surface area contributed by atoms with E-state index in [4.69, 9.17) is 4.42 Å². The van der Waals surface area contributed by atoms with E-state index < -0.39 is 0 Å². The average Bonchev–Trinajstić information content (AvgIpc) is 3.31. The fourth-order valence-electron chi connectivity index (χ4n) is 3.33. The van der Waals surface area contributed by atoms with Gasteiger partial charge in [0.15, 0.2) is 5.76 Å². The average molecular weight is 422 g/mol. The minimum Gasteiger partial charge on any atom is -0.459 e. The van der Waals surface area contributed by atoms with E-state index >= 15 is 0 Å². The normalized spacial score (nSPS) is 14.5. The molecule has 0 spiro atoms. The standard InChI is InChI=1S/C23H23N3O3S/c27-22(17-25-12-14-26(15-13-25)23(28)20-10-6-16-29-20)24-19-9-4-5-11-21(19)30-18-7-2-1-3-8-18/h1-11,16H,12-15,17H2,(H,24,27). The minimum absolute atomic E-state index is 0.0538. The van der Waals surface area contributed by atoms with Crippen molar-refractivity contribution in [2.75, 3.05) is 38.0 Å². The Kier molecular flexibility index (Phi) is 6.51. The zero-order valence-corrected chi connectivity index (χ0v) is 17.3. The smallest absolute Gasteiger partial charge is 0.289 e. The first-order valence-corrected chi connectivity index (χ1v) is 10.7. The fraction of sp³-hybridized carbons (Fsp3) is 0.217. The van der Waals surface area contributed by atoms with Crippen molar-refractivity contribution >= 4 is 29.3 Å². The van der Waals surface area contributed by atoms with Gasteiger partial charge in [-0.05, 0) is 36.4 Å². The number of benzene rings is 2. The molecule has 2 heterocycles. The van der Waals surface area contributed by atoms with Crippen molar-refractivity contribution in [3.8, 4) is 0 Å². The summed E-state index contributed by atoms with van der Waals surface area (Å²) in [6.45, 7) is 2.76. The molecule has 1 aromatic heterocycles. The van der Waals surface area contributed by atoms with Crippen LogP contribution in [-0.2, 0) is 4.79 Å². The number of hydrogen-bond donors (Lipinski definition) is 1. The second-order valence-corrected chi connectivity index (χ2v) is 8.12. The van der Waals surface area contributed by atoms with Gasteiger partial charge in [-0.3, -0.25) is 14.5 Å². The van der Waals surface area contributed by atoms with Gasteiger partial charge in [0.2, 0.25) is 5.91 Å². The Balaban J connectivity index is 1.30. The summed E-state index contributed by atoms with van der Waals surface area (Å²) in [5.74, 6) is 0.201. The third-order valence-electron chi connectivity index (χ3n) is 4.89. The Bertz CT molecular complexity index is 984. The first-order valence-electron chi connectivity index (χ1n) is 9.86. The van der Waals surface area contributed by atoms with Crippen LogP contribution >= 0.6 is 11.8 Å². The number of carbonyl (C=O) groups is 2. The minimum atomic E-state index is -0.101. The highest BCUT2D eigenvalue weighted by atomic mass is 32.2. The zero-order chi connectivity index (χ0) is 20.8. The van der Waals surface area contributed by atoms with E-state index in [0.717, 1.165) is 15.5 Å². The van der Waals surface area contributed by atoms with E-state index in [1.165, 1.54) is 6.26 Å². The maximum Gasteiger partial charge on any atom is 0.289 e. The molecule has 0 radical (unpaired) electrons. The molecule has 30 heavy (non-hydrogen) atoms. The summed E-state index contributed by atoms with van der Waals surface area (Å²) in [4.78, 5) is 30.9. The van der Waals surface area contributed by atoms with Crippen molar-refractivity contribution in [1.82, 2.24) is 9.80 Å². The van der Waals surface area contributed by atoms with Crippen LogP contribution in [0.2, 0.25) is 0 Å². The third-order valence-corrected chi connectivity index (χ3v) is 5.97. The molecule has 0 atom stereocenters. The number of rotatable bonds is 6. The van der Waals surface area contributed by atoms with Gasteiger partial charge in [0.1, 0.15) is 0 Å². The molecule has 1 aliphatic rings. The van der Waals surface area contributed by atoms with Crippen molar-refractivity contribution in [2.24, 2.45) is 0 Å². The number of para-hydroxylation sites is 1. The quantitative estimate of drug-likeness (QED) is 0.655. The topological polar surface area (TPSA) is 65.8 Å². The monoisotopic (exact) mass is 421 g/mol. The van der Waals surface area contributed by atoms with Crippen molar-refractivity contribution in [3.63, 3.8) is 0 Å². The molecule has 0 bridgehead atoms. The molecule has 1 fully saturated rings. The molecule has 2 aromatic carbocycles. The van der Waals surface area contributed by atoms with Gasteiger partial charge in [-0.2, -0.15) is 0 Å². The SMILES string of the molecule is O=C(CN1CCN(C(=O)c2ccco2)CC1)Nc1ccccc1Sc1ccccc1. The van der Waals surface area contributed by atoms with Crippen molar-refractivity contribution in [3.05, 3.63) is 78.8 Å². The number of anilines is 1. The molecular formula is C23H23N3O3S. The van der Waals surface area contributed by atoms with E-state index in [9.17, 15) is 9.59 Å². The van der Waals surface area contributed by atoms with Gasteiger partial charge in [0, 0.05) is 36.0 Å². The Morgan fingerprint density at radius 3 is 2.37 bits per heavy atom. The van der Waals surface area contributed by atoms with Gasteiger partial charge in [-0.25, -0.2) is 0 Å². The predicted molar refractivity (Wildman–Crippen MR) is 117 cm³/mol. The van der Waals surface area contributed by atoms with Crippen molar-refractivity contribution in [1.29, 1.82) is 0 Å². The Morgan fingerprint density at radius 1 is 0.900 bits per heavy atom. The Hall–Kier alpha value is -3.03. The molecule has 1 aliphatic heterocycles. The van der Waals surface area contributed by atoms with E-state index in [2.05, 4.69) is 10.2 Å². The molecule has 2 amide bonds. The van der Waals surface area contributed by atoms with Crippen LogP contribution in [0.15, 0.2) is 87.2 Å². The number of hydrogen-bond acceptors (Lipinski definition) is 5. The molecule has 7 heteroatoms. The number of piperazine rings is 1. The number of furan rings is 1. The second kappa shape index (κ2) is 9.65. The first-order chi connectivity index (χ1) is 14.7. The summed E-state index contributed by atoms with van der Waals surface area (Å²) in [6.07, 6.45) is 1.50. The summed E-state index contributed by atoms with van der Waals surface area (Å²) >= 11 is 1.62. The molecule has 1 saturated heterocycles. The lowest BCUT2D eigenvalue weighted by Crippen LogP contribution is -2.50. The third kappa shape index (κ3) is 5.11. The zero-order valence-electron chi connectivity index (χ0n) is 16.5. The van der Waals surface area contributed by atoms with Gasteiger partial charge < -0.3 is 14.6 Å². The van der Waals surface area contributed by atoms with Gasteiger partial charge in [-0.15, -0.1) is 0 Å². The maximum atomic E-state index is 12.6. The van der Waals surface area contributed by atoms with Gasteiger partial charge >= 0.3 is 0 Å². The Morgan fingerprint density at radius 2 is 1.63 bits per heavy atom. The number of amides is 2. The maximum absolute atomic E-state index is 12.6. The van der Waals surface area contributed by atoms with Gasteiger partial charge in [0.05, 0.1) is 18.5 Å². The lowest BCUT2D eigenvalue weighted by Gasteiger charge is -2.33. The number of carbonyl (C=O) groups excluding carboxylic acids is 2. The van der Waals surface area contributed by atoms with E-state index in [0.29, 0.717) is 38.5 Å². The Labute approximate surface area is 179 Å². The highest BCUT2D eigenvalue weighted by Gasteiger charge is 2.24. The summed E-state index contributed by atoms with van der Waals surface area (Å²) in [5, 5.41) is 3.04. The van der Waals surface area contributed by atoms with Crippen LogP contribution in [0.4, 0.5) is 5.69 Å². The van der Waals surface area contributed by atoms with Crippen molar-refractivity contribution in [2.45, 2.75) is 9.79 Å². The van der Waals surface area contributed by atoms with Crippen LogP contribution in [0.5, 0.6) is 0 Å². The van der Waals surface area contributed by atoms with Crippen LogP contribution in [0.3, 0.4) is 0 Å². The van der Waals surface area contributed by atoms with Crippen LogP contribution in [0.25, 0.3) is 0 Å². The number of nitrogens with zero attached hydrogens (tertiary/aromatic N) is 2. The summed E-state index contributed by atoms with van der Waals surface area (Å²) in [7, 11) is 0. The fourth-order valence-corrected chi connectivity index (χ4v) is 4.26. The van der Waals surface area contributed by atoms with E-state index in [-0.39, 0.29) is 11.8 Å². The highest BCUT2D eigenvalue weighted by Crippen LogP contribution is 2.33. The van der Waals surface area contributed by atoms with Crippen LogP contribution in [0, 0.1) is 0 Å². The molecule has 0 aliphatic carbocycles. The molecule has 154 valence electrons. The summed E-state index contributed by atoms with van der Waals surface area (Å²) in [5.41, 5.74) is 0.808. The molecule has 3 aromatic rings. The first kappa shape index (κ1) is 20.3. The molecule has 0 unspecified atom stereocenters. The molecule has 4 rings (SSSR count). The predicted octanol–water partition coefficient (Wildman–Crippen LogP) is 3.83. The van der Waals surface area contributed by atoms with Crippen molar-refractivity contribution < 1.29 is 14.0 Å².